The van der Waals surface area contributed by atoms with E-state index in [0.717, 1.165) is 23.2 Å². The predicted molar refractivity (Wildman–Crippen MR) is 119 cm³/mol. The van der Waals surface area contributed by atoms with Crippen LogP contribution in [0.1, 0.15) is 27.7 Å². The van der Waals surface area contributed by atoms with E-state index in [9.17, 15) is 13.2 Å². The van der Waals surface area contributed by atoms with Crippen LogP contribution in [-0.4, -0.2) is 28.0 Å². The first-order chi connectivity index (χ1) is 14.4. The molecule has 0 atom stereocenters. The van der Waals surface area contributed by atoms with E-state index in [1.165, 1.54) is 18.4 Å². The summed E-state index contributed by atoms with van der Waals surface area (Å²) in [4.78, 5) is 15.3. The molecule has 2 heterocycles. The topological polar surface area (TPSA) is 75.7 Å². The third-order valence-electron chi connectivity index (χ3n) is 5.14. The van der Waals surface area contributed by atoms with Crippen LogP contribution in [0.4, 0.5) is 11.4 Å². The minimum atomic E-state index is -3.86. The summed E-state index contributed by atoms with van der Waals surface area (Å²) in [6, 6.07) is 14.1. The lowest BCUT2D eigenvalue weighted by Gasteiger charge is -2.18. The summed E-state index contributed by atoms with van der Waals surface area (Å²) in [5.41, 5.74) is 3.07. The van der Waals surface area contributed by atoms with E-state index >= 15 is 0 Å². The molecule has 1 aliphatic rings. The van der Waals surface area contributed by atoms with Gasteiger partial charge in [-0.25, -0.2) is 8.42 Å². The van der Waals surface area contributed by atoms with Crippen molar-refractivity contribution in [1.82, 2.24) is 0 Å². The Hall–Kier alpha value is -2.84. The van der Waals surface area contributed by atoms with E-state index in [4.69, 9.17) is 4.74 Å². The zero-order valence-corrected chi connectivity index (χ0v) is 18.3. The number of sulfonamides is 1. The fourth-order valence-electron chi connectivity index (χ4n) is 3.55. The van der Waals surface area contributed by atoms with Crippen molar-refractivity contribution in [2.24, 2.45) is 0 Å². The highest BCUT2D eigenvalue weighted by Gasteiger charge is 2.27. The zero-order valence-electron chi connectivity index (χ0n) is 16.7. The molecule has 0 fully saturated rings. The van der Waals surface area contributed by atoms with Crippen molar-refractivity contribution >= 4 is 38.6 Å². The average molecular weight is 443 g/mol. The van der Waals surface area contributed by atoms with E-state index < -0.39 is 10.0 Å². The van der Waals surface area contributed by atoms with Crippen LogP contribution in [0.2, 0.25) is 0 Å². The van der Waals surface area contributed by atoms with Crippen LogP contribution in [0.3, 0.4) is 0 Å². The van der Waals surface area contributed by atoms with Gasteiger partial charge in [-0.15, -0.1) is 11.3 Å². The molecule has 1 amide bonds. The third kappa shape index (κ3) is 3.80. The Bertz CT molecular complexity index is 1190. The number of ether oxygens (including phenoxy) is 1. The van der Waals surface area contributed by atoms with Crippen molar-refractivity contribution in [2.75, 3.05) is 23.3 Å². The molecule has 6 nitrogen and oxygen atoms in total. The summed E-state index contributed by atoms with van der Waals surface area (Å²) in [7, 11) is -2.42. The lowest BCUT2D eigenvalue weighted by Crippen LogP contribution is -2.28. The molecule has 0 saturated heterocycles. The maximum Gasteiger partial charge on any atom is 0.268 e. The molecular formula is C22H22N2O4S2. The molecule has 0 saturated carbocycles. The molecule has 0 spiro atoms. The number of nitrogens with one attached hydrogen (secondary N) is 1. The predicted octanol–water partition coefficient (Wildman–Crippen LogP) is 4.32. The van der Waals surface area contributed by atoms with Gasteiger partial charge < -0.3 is 9.64 Å². The Kier molecular flexibility index (Phi) is 5.53. The van der Waals surface area contributed by atoms with Crippen molar-refractivity contribution in [3.8, 4) is 5.75 Å². The zero-order chi connectivity index (χ0) is 21.3. The van der Waals surface area contributed by atoms with Gasteiger partial charge in [0, 0.05) is 12.2 Å². The number of hydrogen-bond donors (Lipinski definition) is 1. The van der Waals surface area contributed by atoms with Gasteiger partial charge in [-0.05, 0) is 59.7 Å². The van der Waals surface area contributed by atoms with Crippen molar-refractivity contribution in [2.45, 2.75) is 24.7 Å². The number of aryl methyl sites for hydroxylation is 1. The van der Waals surface area contributed by atoms with Gasteiger partial charge in [0.05, 0.1) is 17.7 Å². The van der Waals surface area contributed by atoms with Crippen LogP contribution in [-0.2, 0) is 22.9 Å². The Morgan fingerprint density at radius 1 is 1.20 bits per heavy atom. The summed E-state index contributed by atoms with van der Waals surface area (Å²) in [5.74, 6) is 0.219. The van der Waals surface area contributed by atoms with Crippen LogP contribution in [0.25, 0.3) is 0 Å². The number of carbonyl (C=O) groups excluding carboxylic acids is 1. The van der Waals surface area contributed by atoms with Gasteiger partial charge >= 0.3 is 0 Å². The van der Waals surface area contributed by atoms with Crippen LogP contribution in [0.5, 0.6) is 5.75 Å². The maximum absolute atomic E-state index is 13.1. The molecule has 2 aromatic carbocycles. The molecule has 30 heavy (non-hydrogen) atoms. The first-order valence-corrected chi connectivity index (χ1v) is 12.0. The molecule has 156 valence electrons. The minimum Gasteiger partial charge on any atom is -0.495 e. The van der Waals surface area contributed by atoms with Crippen molar-refractivity contribution < 1.29 is 17.9 Å². The van der Waals surface area contributed by atoms with Crippen molar-refractivity contribution in [3.05, 3.63) is 69.9 Å². The highest BCUT2D eigenvalue weighted by Crippen LogP contribution is 2.34. The van der Waals surface area contributed by atoms with E-state index in [0.29, 0.717) is 23.5 Å². The summed E-state index contributed by atoms with van der Waals surface area (Å²) in [6.07, 6.45) is 1.46. The van der Waals surface area contributed by atoms with Gasteiger partial charge in [0.2, 0.25) is 0 Å². The summed E-state index contributed by atoms with van der Waals surface area (Å²) in [5, 5.41) is 1.87. The van der Waals surface area contributed by atoms with Gasteiger partial charge in [0.1, 0.15) is 10.6 Å². The Morgan fingerprint density at radius 2 is 2.03 bits per heavy atom. The van der Waals surface area contributed by atoms with Gasteiger partial charge in [-0.3, -0.25) is 9.52 Å². The molecule has 8 heteroatoms. The Balaban J connectivity index is 1.65. The number of carbonyl (C=O) groups is 1. The highest BCUT2D eigenvalue weighted by molar-refractivity contribution is 7.92. The first-order valence-electron chi connectivity index (χ1n) is 9.61. The van der Waals surface area contributed by atoms with E-state index in [1.54, 1.807) is 35.2 Å². The number of methoxy groups -OCH3 is 1. The van der Waals surface area contributed by atoms with E-state index in [1.807, 2.05) is 30.5 Å². The normalized spacial score (nSPS) is 13.2. The third-order valence-corrected chi connectivity index (χ3v) is 7.40. The highest BCUT2D eigenvalue weighted by atomic mass is 32.2. The summed E-state index contributed by atoms with van der Waals surface area (Å²) < 4.78 is 34.1. The number of hydrogen-bond acceptors (Lipinski definition) is 5. The second kappa shape index (κ2) is 8.12. The molecule has 0 unspecified atom stereocenters. The monoisotopic (exact) mass is 442 g/mol. The van der Waals surface area contributed by atoms with E-state index in [-0.39, 0.29) is 16.6 Å². The SMILES string of the molecule is CCc1ccc(OC)c(S(=O)(=O)Nc2ccc3c(c2)N(C(=O)c2cccs2)CC3)c1. The van der Waals surface area contributed by atoms with Gasteiger partial charge in [0.15, 0.2) is 0 Å². The summed E-state index contributed by atoms with van der Waals surface area (Å²) >= 11 is 1.39. The number of anilines is 2. The minimum absolute atomic E-state index is 0.0685. The smallest absolute Gasteiger partial charge is 0.268 e. The first kappa shape index (κ1) is 20.4. The number of amides is 1. The van der Waals surface area contributed by atoms with E-state index in [2.05, 4.69) is 4.72 Å². The number of thiophene rings is 1. The van der Waals surface area contributed by atoms with Crippen molar-refractivity contribution in [3.63, 3.8) is 0 Å². The molecule has 4 rings (SSSR count). The van der Waals surface area contributed by atoms with Crippen LogP contribution >= 0.6 is 11.3 Å². The fourth-order valence-corrected chi connectivity index (χ4v) is 5.49. The number of nitrogens with zero attached hydrogens (tertiary/aromatic N) is 1. The Labute approximate surface area is 180 Å². The van der Waals surface area contributed by atoms with Crippen LogP contribution < -0.4 is 14.4 Å². The lowest BCUT2D eigenvalue weighted by molar-refractivity contribution is 0.0993. The maximum atomic E-state index is 13.1. The van der Waals surface area contributed by atoms with Crippen LogP contribution in [0.15, 0.2) is 58.8 Å². The molecular weight excluding hydrogens is 420 g/mol. The average Bonchev–Trinajstić information content (AvgIpc) is 3.42. The Morgan fingerprint density at radius 3 is 2.73 bits per heavy atom. The standard InChI is InChI=1S/C22H22N2O4S2/c1-3-15-6-9-19(28-2)21(13-15)30(26,27)23-17-8-7-16-10-11-24(18(16)14-17)22(25)20-5-4-12-29-20/h4-9,12-14,23H,3,10-11H2,1-2H3. The second-order valence-electron chi connectivity index (χ2n) is 6.97. The molecule has 0 bridgehead atoms. The summed E-state index contributed by atoms with van der Waals surface area (Å²) in [6.45, 7) is 2.54. The quantitative estimate of drug-likeness (QED) is 0.617. The van der Waals surface area contributed by atoms with Crippen molar-refractivity contribution in [1.29, 1.82) is 0 Å². The molecule has 1 N–H and O–H groups in total. The number of rotatable bonds is 6. The number of fused-ring (bicyclic) bond motifs is 1. The van der Waals surface area contributed by atoms with Gasteiger partial charge in [0.25, 0.3) is 15.9 Å². The van der Waals surface area contributed by atoms with Crippen LogP contribution in [0, 0.1) is 0 Å². The molecule has 1 aliphatic heterocycles. The lowest BCUT2D eigenvalue weighted by atomic mass is 10.1. The molecule has 1 aromatic heterocycles. The van der Waals surface area contributed by atoms with Gasteiger partial charge in [-0.2, -0.15) is 0 Å². The molecule has 3 aromatic rings. The molecule has 0 radical (unpaired) electrons. The number of benzene rings is 2. The largest absolute Gasteiger partial charge is 0.495 e. The van der Waals surface area contributed by atoms with Gasteiger partial charge in [-0.1, -0.05) is 25.1 Å². The molecule has 0 aliphatic carbocycles. The fraction of sp³-hybridized carbons (Fsp3) is 0.227. The second-order valence-corrected chi connectivity index (χ2v) is 9.57.